The monoisotopic (exact) mass is 276 g/mol. The van der Waals surface area contributed by atoms with E-state index in [2.05, 4.69) is 10.3 Å². The van der Waals surface area contributed by atoms with Crippen molar-refractivity contribution in [3.05, 3.63) is 52.2 Å². The molecule has 1 aromatic carbocycles. The normalized spacial score (nSPS) is 10.3. The summed E-state index contributed by atoms with van der Waals surface area (Å²) in [6.45, 7) is 3.58. The first kappa shape index (κ1) is 13.4. The van der Waals surface area contributed by atoms with E-state index in [1.807, 2.05) is 6.92 Å². The van der Waals surface area contributed by atoms with Crippen molar-refractivity contribution in [3.8, 4) is 0 Å². The van der Waals surface area contributed by atoms with Gasteiger partial charge < -0.3 is 10.4 Å². The van der Waals surface area contributed by atoms with Crippen LogP contribution in [0.25, 0.3) is 0 Å². The van der Waals surface area contributed by atoms with Crippen LogP contribution in [0.1, 0.15) is 21.6 Å². The molecule has 0 saturated heterocycles. The molecule has 1 aromatic heterocycles. The standard InChI is InChI=1S/C14H13ClN2O2/c1-8-7-9(2)16-13(12(8)14(18)19)17-11-5-3-10(15)4-6-11/h3-7H,1-2H3,(H,16,17)(H,18,19). The fourth-order valence-corrected chi connectivity index (χ4v) is 1.99. The fraction of sp³-hybridized carbons (Fsp3) is 0.143. The van der Waals surface area contributed by atoms with Crippen LogP contribution in [0, 0.1) is 13.8 Å². The minimum absolute atomic E-state index is 0.181. The predicted molar refractivity (Wildman–Crippen MR) is 75.4 cm³/mol. The van der Waals surface area contributed by atoms with Crippen LogP contribution in [0.4, 0.5) is 11.5 Å². The van der Waals surface area contributed by atoms with E-state index >= 15 is 0 Å². The number of hydrogen-bond donors (Lipinski definition) is 2. The number of aromatic nitrogens is 1. The Kier molecular flexibility index (Phi) is 3.71. The number of anilines is 2. The Hall–Kier alpha value is -2.07. The summed E-state index contributed by atoms with van der Waals surface area (Å²) < 4.78 is 0. The van der Waals surface area contributed by atoms with E-state index in [1.165, 1.54) is 0 Å². The number of carbonyl (C=O) groups is 1. The summed E-state index contributed by atoms with van der Waals surface area (Å²) in [6.07, 6.45) is 0. The summed E-state index contributed by atoms with van der Waals surface area (Å²) in [7, 11) is 0. The molecule has 0 atom stereocenters. The van der Waals surface area contributed by atoms with Gasteiger partial charge in [0.05, 0.1) is 0 Å². The summed E-state index contributed by atoms with van der Waals surface area (Å²) >= 11 is 5.81. The van der Waals surface area contributed by atoms with Gasteiger partial charge in [-0.05, 0) is 49.7 Å². The molecule has 0 saturated carbocycles. The van der Waals surface area contributed by atoms with Crippen molar-refractivity contribution < 1.29 is 9.90 Å². The second kappa shape index (κ2) is 5.28. The number of nitrogens with one attached hydrogen (secondary N) is 1. The molecule has 2 rings (SSSR count). The number of carboxylic acid groups (broad SMARTS) is 1. The van der Waals surface area contributed by atoms with Gasteiger partial charge in [-0.25, -0.2) is 9.78 Å². The first-order chi connectivity index (χ1) is 8.97. The number of nitrogens with zero attached hydrogens (tertiary/aromatic N) is 1. The smallest absolute Gasteiger partial charge is 0.339 e. The first-order valence-corrected chi connectivity index (χ1v) is 6.09. The lowest BCUT2D eigenvalue weighted by molar-refractivity contribution is 0.0697. The van der Waals surface area contributed by atoms with E-state index in [4.69, 9.17) is 11.6 Å². The summed E-state index contributed by atoms with van der Waals surface area (Å²) in [6, 6.07) is 8.75. The molecule has 0 fully saturated rings. The third-order valence-corrected chi connectivity index (χ3v) is 2.92. The zero-order valence-corrected chi connectivity index (χ0v) is 11.3. The Bertz CT molecular complexity index is 624. The van der Waals surface area contributed by atoms with Crippen molar-refractivity contribution in [2.75, 3.05) is 5.32 Å². The van der Waals surface area contributed by atoms with Crippen LogP contribution >= 0.6 is 11.6 Å². The molecule has 2 N–H and O–H groups in total. The molecule has 0 aliphatic heterocycles. The van der Waals surface area contributed by atoms with Gasteiger partial charge in [-0.15, -0.1) is 0 Å². The summed E-state index contributed by atoms with van der Waals surface area (Å²) in [5, 5.41) is 12.9. The number of aryl methyl sites for hydroxylation is 2. The van der Waals surface area contributed by atoms with Gasteiger partial charge >= 0.3 is 5.97 Å². The molecule has 1 heterocycles. The summed E-state index contributed by atoms with van der Waals surface area (Å²) in [5.41, 5.74) is 2.36. The molecule has 4 nitrogen and oxygen atoms in total. The Morgan fingerprint density at radius 2 is 1.89 bits per heavy atom. The zero-order chi connectivity index (χ0) is 14.0. The largest absolute Gasteiger partial charge is 0.478 e. The van der Waals surface area contributed by atoms with Gasteiger partial charge in [-0.2, -0.15) is 0 Å². The molecule has 0 aliphatic rings. The van der Waals surface area contributed by atoms with Gasteiger partial charge in [0.15, 0.2) is 0 Å². The molecule has 0 aliphatic carbocycles. The van der Waals surface area contributed by atoms with Gasteiger partial charge in [-0.3, -0.25) is 0 Å². The van der Waals surface area contributed by atoms with E-state index in [0.29, 0.717) is 16.4 Å². The van der Waals surface area contributed by atoms with E-state index in [0.717, 1.165) is 11.4 Å². The Balaban J connectivity index is 2.44. The maximum atomic E-state index is 11.3. The van der Waals surface area contributed by atoms with Crippen LogP contribution in [0.5, 0.6) is 0 Å². The second-order valence-electron chi connectivity index (χ2n) is 4.24. The molecule has 0 radical (unpaired) electrons. The van der Waals surface area contributed by atoms with Crippen LogP contribution in [-0.2, 0) is 0 Å². The Labute approximate surface area is 116 Å². The average molecular weight is 277 g/mol. The van der Waals surface area contributed by atoms with Crippen molar-refractivity contribution in [1.29, 1.82) is 0 Å². The molecule has 0 unspecified atom stereocenters. The molecular formula is C14H13ClN2O2. The lowest BCUT2D eigenvalue weighted by atomic mass is 10.1. The average Bonchev–Trinajstić information content (AvgIpc) is 2.30. The number of pyridine rings is 1. The third-order valence-electron chi connectivity index (χ3n) is 2.67. The molecule has 0 spiro atoms. The van der Waals surface area contributed by atoms with Gasteiger partial charge in [0.1, 0.15) is 11.4 Å². The van der Waals surface area contributed by atoms with E-state index in [9.17, 15) is 9.90 Å². The van der Waals surface area contributed by atoms with Crippen molar-refractivity contribution in [2.45, 2.75) is 13.8 Å². The van der Waals surface area contributed by atoms with Crippen LogP contribution < -0.4 is 5.32 Å². The minimum atomic E-state index is -0.999. The molecule has 5 heteroatoms. The minimum Gasteiger partial charge on any atom is -0.478 e. The zero-order valence-electron chi connectivity index (χ0n) is 10.6. The first-order valence-electron chi connectivity index (χ1n) is 5.71. The molecule has 2 aromatic rings. The number of carboxylic acids is 1. The highest BCUT2D eigenvalue weighted by Crippen LogP contribution is 2.23. The number of hydrogen-bond acceptors (Lipinski definition) is 3. The molecule has 0 bridgehead atoms. The van der Waals surface area contributed by atoms with Crippen molar-refractivity contribution in [1.82, 2.24) is 4.98 Å². The highest BCUT2D eigenvalue weighted by Gasteiger charge is 2.15. The lowest BCUT2D eigenvalue weighted by Gasteiger charge is -2.12. The van der Waals surface area contributed by atoms with Gasteiger partial charge in [0.2, 0.25) is 0 Å². The van der Waals surface area contributed by atoms with Gasteiger partial charge in [0.25, 0.3) is 0 Å². The quantitative estimate of drug-likeness (QED) is 0.895. The maximum absolute atomic E-state index is 11.3. The van der Waals surface area contributed by atoms with E-state index in [-0.39, 0.29) is 5.56 Å². The molecule has 0 amide bonds. The molecular weight excluding hydrogens is 264 g/mol. The predicted octanol–water partition coefficient (Wildman–Crippen LogP) is 3.79. The topological polar surface area (TPSA) is 62.2 Å². The number of benzene rings is 1. The van der Waals surface area contributed by atoms with E-state index < -0.39 is 5.97 Å². The van der Waals surface area contributed by atoms with Crippen LogP contribution in [0.3, 0.4) is 0 Å². The van der Waals surface area contributed by atoms with Crippen LogP contribution in [0.2, 0.25) is 5.02 Å². The van der Waals surface area contributed by atoms with E-state index in [1.54, 1.807) is 37.3 Å². The maximum Gasteiger partial charge on any atom is 0.339 e. The SMILES string of the molecule is Cc1cc(C)c(C(=O)O)c(Nc2ccc(Cl)cc2)n1. The van der Waals surface area contributed by atoms with Crippen molar-refractivity contribution in [3.63, 3.8) is 0 Å². The Morgan fingerprint density at radius 3 is 2.47 bits per heavy atom. The Morgan fingerprint density at radius 1 is 1.26 bits per heavy atom. The fourth-order valence-electron chi connectivity index (χ4n) is 1.87. The highest BCUT2D eigenvalue weighted by atomic mass is 35.5. The second-order valence-corrected chi connectivity index (χ2v) is 4.68. The number of halogens is 1. The summed E-state index contributed by atoms with van der Waals surface area (Å²) in [4.78, 5) is 15.5. The third kappa shape index (κ3) is 3.03. The molecule has 19 heavy (non-hydrogen) atoms. The van der Waals surface area contributed by atoms with Crippen LogP contribution in [0.15, 0.2) is 30.3 Å². The van der Waals surface area contributed by atoms with Crippen molar-refractivity contribution in [2.24, 2.45) is 0 Å². The number of aromatic carboxylic acids is 1. The number of rotatable bonds is 3. The highest BCUT2D eigenvalue weighted by molar-refractivity contribution is 6.30. The van der Waals surface area contributed by atoms with Gasteiger partial charge in [-0.1, -0.05) is 11.6 Å². The van der Waals surface area contributed by atoms with Gasteiger partial charge in [0, 0.05) is 16.4 Å². The summed E-state index contributed by atoms with van der Waals surface area (Å²) in [5.74, 6) is -0.659. The van der Waals surface area contributed by atoms with Crippen LogP contribution in [-0.4, -0.2) is 16.1 Å². The molecule has 98 valence electrons. The van der Waals surface area contributed by atoms with Crippen molar-refractivity contribution >= 4 is 29.1 Å². The lowest BCUT2D eigenvalue weighted by Crippen LogP contribution is -2.08.